The van der Waals surface area contributed by atoms with Crippen LogP contribution in [-0.2, 0) is 14.2 Å². The van der Waals surface area contributed by atoms with Gasteiger partial charge in [-0.2, -0.15) is 0 Å². The zero-order valence-electron chi connectivity index (χ0n) is 11.5. The lowest BCUT2D eigenvalue weighted by Crippen LogP contribution is -2.15. The average molecular weight is 392 g/mol. The minimum atomic E-state index is -0.545. The van der Waals surface area contributed by atoms with Crippen LogP contribution in [0.2, 0.25) is 0 Å². The Morgan fingerprint density at radius 1 is 1.20 bits per heavy atom. The lowest BCUT2D eigenvalue weighted by molar-refractivity contribution is 0.0439. The summed E-state index contributed by atoms with van der Waals surface area (Å²) in [5, 5.41) is 0. The zero-order chi connectivity index (χ0) is 15.0. The first-order valence-corrected chi connectivity index (χ1v) is 7.31. The lowest BCUT2D eigenvalue weighted by Gasteiger charge is -2.10. The predicted octanol–water partition coefficient (Wildman–Crippen LogP) is 2.66. The maximum absolute atomic E-state index is 12.0. The van der Waals surface area contributed by atoms with Gasteiger partial charge >= 0.3 is 11.9 Å². The van der Waals surface area contributed by atoms with Gasteiger partial charge in [0, 0.05) is 23.2 Å². The Morgan fingerprint density at radius 3 is 2.60 bits per heavy atom. The number of carbonyl (C=O) groups is 2. The van der Waals surface area contributed by atoms with E-state index in [9.17, 15) is 9.59 Å². The van der Waals surface area contributed by atoms with E-state index in [4.69, 9.17) is 14.2 Å². The van der Waals surface area contributed by atoms with E-state index in [0.717, 1.165) is 0 Å². The molecule has 0 saturated heterocycles. The minimum Gasteiger partial charge on any atom is -0.465 e. The number of methoxy groups -OCH3 is 1. The summed E-state index contributed by atoms with van der Waals surface area (Å²) < 4.78 is 15.6. The lowest BCUT2D eigenvalue weighted by atomic mass is 10.1. The highest BCUT2D eigenvalue weighted by molar-refractivity contribution is 14.1. The molecule has 0 atom stereocenters. The highest BCUT2D eigenvalue weighted by Crippen LogP contribution is 2.19. The fourth-order valence-electron chi connectivity index (χ4n) is 1.55. The Labute approximate surface area is 131 Å². The standard InChI is InChI=1S/C14H17IO5/c1-3-19-8-5-9-20-13(16)10-6-4-7-11(15)12(10)14(17)18-2/h4,6-7H,3,5,8-9H2,1-2H3. The number of hydrogen-bond donors (Lipinski definition) is 0. The van der Waals surface area contributed by atoms with Gasteiger partial charge in [0.2, 0.25) is 0 Å². The third-order valence-electron chi connectivity index (χ3n) is 2.49. The van der Waals surface area contributed by atoms with Crippen LogP contribution in [0.1, 0.15) is 34.1 Å². The molecule has 1 aromatic rings. The smallest absolute Gasteiger partial charge is 0.339 e. The van der Waals surface area contributed by atoms with Crippen molar-refractivity contribution in [1.29, 1.82) is 0 Å². The number of ether oxygens (including phenoxy) is 3. The summed E-state index contributed by atoms with van der Waals surface area (Å²) in [7, 11) is 1.28. The molecule has 5 nitrogen and oxygen atoms in total. The van der Waals surface area contributed by atoms with Crippen molar-refractivity contribution in [2.45, 2.75) is 13.3 Å². The maximum atomic E-state index is 12.0. The molecule has 0 unspecified atom stereocenters. The van der Waals surface area contributed by atoms with Crippen molar-refractivity contribution in [2.75, 3.05) is 26.9 Å². The Bertz CT molecular complexity index is 473. The average Bonchev–Trinajstić information content (AvgIpc) is 2.45. The molecular weight excluding hydrogens is 375 g/mol. The van der Waals surface area contributed by atoms with Crippen molar-refractivity contribution in [3.05, 3.63) is 32.9 Å². The predicted molar refractivity (Wildman–Crippen MR) is 81.9 cm³/mol. The van der Waals surface area contributed by atoms with Crippen LogP contribution in [0.25, 0.3) is 0 Å². The van der Waals surface area contributed by atoms with E-state index in [1.807, 2.05) is 29.5 Å². The molecule has 0 saturated carbocycles. The van der Waals surface area contributed by atoms with Crippen molar-refractivity contribution >= 4 is 34.5 Å². The van der Waals surface area contributed by atoms with E-state index in [1.54, 1.807) is 18.2 Å². The molecule has 0 spiro atoms. The third-order valence-corrected chi connectivity index (χ3v) is 3.39. The van der Waals surface area contributed by atoms with Crippen molar-refractivity contribution < 1.29 is 23.8 Å². The second-order valence-corrected chi connectivity index (χ2v) is 5.00. The van der Waals surface area contributed by atoms with Crippen molar-refractivity contribution in [3.63, 3.8) is 0 Å². The molecule has 20 heavy (non-hydrogen) atoms. The van der Waals surface area contributed by atoms with Gasteiger partial charge in [0.15, 0.2) is 0 Å². The van der Waals surface area contributed by atoms with Crippen molar-refractivity contribution in [1.82, 2.24) is 0 Å². The summed E-state index contributed by atoms with van der Waals surface area (Å²) in [6, 6.07) is 4.99. The van der Waals surface area contributed by atoms with Gasteiger partial charge in [0.05, 0.1) is 24.8 Å². The molecule has 1 rings (SSSR count). The second kappa shape index (κ2) is 8.91. The Kier molecular flexibility index (Phi) is 7.53. The minimum absolute atomic E-state index is 0.222. The summed E-state index contributed by atoms with van der Waals surface area (Å²) >= 11 is 1.99. The number of hydrogen-bond acceptors (Lipinski definition) is 5. The van der Waals surface area contributed by atoms with E-state index in [2.05, 4.69) is 0 Å². The maximum Gasteiger partial charge on any atom is 0.339 e. The Balaban J connectivity index is 2.73. The van der Waals surface area contributed by atoms with Crippen LogP contribution in [0.4, 0.5) is 0 Å². The number of rotatable bonds is 7. The van der Waals surface area contributed by atoms with Gasteiger partial charge in [0.1, 0.15) is 0 Å². The van der Waals surface area contributed by atoms with Gasteiger partial charge in [-0.25, -0.2) is 9.59 Å². The first-order chi connectivity index (χ1) is 9.61. The van der Waals surface area contributed by atoms with E-state index < -0.39 is 11.9 Å². The van der Waals surface area contributed by atoms with Crippen LogP contribution < -0.4 is 0 Å². The molecule has 0 N–H and O–H groups in total. The molecule has 0 radical (unpaired) electrons. The first kappa shape index (κ1) is 16.9. The van der Waals surface area contributed by atoms with E-state index >= 15 is 0 Å². The second-order valence-electron chi connectivity index (χ2n) is 3.84. The highest BCUT2D eigenvalue weighted by Gasteiger charge is 2.21. The third kappa shape index (κ3) is 4.75. The molecular formula is C14H17IO5. The van der Waals surface area contributed by atoms with Gasteiger partial charge in [-0.15, -0.1) is 0 Å². The molecule has 0 aliphatic carbocycles. The van der Waals surface area contributed by atoms with Crippen LogP contribution in [0.3, 0.4) is 0 Å². The number of halogens is 1. The normalized spacial score (nSPS) is 10.2. The number of esters is 2. The quantitative estimate of drug-likeness (QED) is 0.406. The molecule has 0 fully saturated rings. The molecule has 0 aromatic heterocycles. The Hall–Kier alpha value is -1.15. The van der Waals surface area contributed by atoms with Crippen LogP contribution in [0.5, 0.6) is 0 Å². The summed E-state index contributed by atoms with van der Waals surface area (Å²) in [4.78, 5) is 23.7. The van der Waals surface area contributed by atoms with E-state index in [-0.39, 0.29) is 17.7 Å². The number of benzene rings is 1. The van der Waals surface area contributed by atoms with Crippen LogP contribution >= 0.6 is 22.6 Å². The summed E-state index contributed by atoms with van der Waals surface area (Å²) in [5.74, 6) is -1.07. The fourth-order valence-corrected chi connectivity index (χ4v) is 2.27. The zero-order valence-corrected chi connectivity index (χ0v) is 13.6. The molecule has 0 aliphatic heterocycles. The van der Waals surface area contributed by atoms with Crippen LogP contribution in [0.15, 0.2) is 18.2 Å². The molecule has 0 bridgehead atoms. The molecule has 6 heteroatoms. The first-order valence-electron chi connectivity index (χ1n) is 6.23. The van der Waals surface area contributed by atoms with E-state index in [0.29, 0.717) is 23.2 Å². The van der Waals surface area contributed by atoms with Gasteiger partial charge in [-0.1, -0.05) is 6.07 Å². The fraction of sp³-hybridized carbons (Fsp3) is 0.429. The highest BCUT2D eigenvalue weighted by atomic mass is 127. The van der Waals surface area contributed by atoms with Gasteiger partial charge < -0.3 is 14.2 Å². The monoisotopic (exact) mass is 392 g/mol. The molecule has 1 aromatic carbocycles. The molecule has 0 heterocycles. The van der Waals surface area contributed by atoms with Crippen LogP contribution in [0, 0.1) is 3.57 Å². The molecule has 0 aliphatic rings. The summed E-state index contributed by atoms with van der Waals surface area (Å²) in [5.41, 5.74) is 0.463. The summed E-state index contributed by atoms with van der Waals surface area (Å²) in [6.07, 6.45) is 0.622. The van der Waals surface area contributed by atoms with Gasteiger partial charge in [0.25, 0.3) is 0 Å². The topological polar surface area (TPSA) is 61.8 Å². The van der Waals surface area contributed by atoms with Crippen molar-refractivity contribution in [2.24, 2.45) is 0 Å². The van der Waals surface area contributed by atoms with Crippen molar-refractivity contribution in [3.8, 4) is 0 Å². The summed E-state index contributed by atoms with van der Waals surface area (Å²) in [6.45, 7) is 3.34. The van der Waals surface area contributed by atoms with Crippen LogP contribution in [-0.4, -0.2) is 38.9 Å². The van der Waals surface area contributed by atoms with Gasteiger partial charge in [-0.3, -0.25) is 0 Å². The number of carbonyl (C=O) groups excluding carboxylic acids is 2. The molecule has 110 valence electrons. The SMILES string of the molecule is CCOCCCOC(=O)c1cccc(I)c1C(=O)OC. The Morgan fingerprint density at radius 2 is 1.95 bits per heavy atom. The molecule has 0 amide bonds. The van der Waals surface area contributed by atoms with Gasteiger partial charge in [-0.05, 0) is 41.6 Å². The van der Waals surface area contributed by atoms with E-state index in [1.165, 1.54) is 7.11 Å². The largest absolute Gasteiger partial charge is 0.465 e.